The highest BCUT2D eigenvalue weighted by molar-refractivity contribution is 7.86. The second-order valence-corrected chi connectivity index (χ2v) is 8.82. The number of rotatable bonds is 9. The summed E-state index contributed by atoms with van der Waals surface area (Å²) in [6.07, 6.45) is 1.10. The molecule has 0 saturated carbocycles. The smallest absolute Gasteiger partial charge is 0.306 e. The molecule has 2 aromatic carbocycles. The number of amides is 1. The lowest BCUT2D eigenvalue weighted by Crippen LogP contribution is -2.34. The highest BCUT2D eigenvalue weighted by atomic mass is 32.2. The molecular formula is C21H26FNO5S. The van der Waals surface area contributed by atoms with E-state index in [1.165, 1.54) is 19.2 Å². The summed E-state index contributed by atoms with van der Waals surface area (Å²) in [5.74, 6) is 0.135. The van der Waals surface area contributed by atoms with Crippen molar-refractivity contribution in [2.45, 2.75) is 26.8 Å². The predicted molar refractivity (Wildman–Crippen MR) is 109 cm³/mol. The number of ether oxygens (including phenoxy) is 1. The molecule has 0 atom stereocenters. The van der Waals surface area contributed by atoms with E-state index in [0.29, 0.717) is 12.1 Å². The Balaban J connectivity index is 2.23. The molecule has 0 spiro atoms. The zero-order chi connectivity index (χ0) is 21.6. The van der Waals surface area contributed by atoms with Crippen molar-refractivity contribution in [3.05, 3.63) is 59.4 Å². The van der Waals surface area contributed by atoms with E-state index in [-0.39, 0.29) is 42.1 Å². The monoisotopic (exact) mass is 423 g/mol. The SMILES string of the molecule is COc1ccc(CN(CC(C)C)C(=O)Cc2ccc(F)cc2)cc1OS(C)(=O)=O. The van der Waals surface area contributed by atoms with Gasteiger partial charge >= 0.3 is 10.1 Å². The van der Waals surface area contributed by atoms with E-state index in [0.717, 1.165) is 11.8 Å². The Morgan fingerprint density at radius 2 is 1.69 bits per heavy atom. The number of carbonyl (C=O) groups is 1. The number of methoxy groups -OCH3 is 1. The first-order chi connectivity index (χ1) is 13.6. The molecule has 2 aromatic rings. The fourth-order valence-corrected chi connectivity index (χ4v) is 3.31. The lowest BCUT2D eigenvalue weighted by Gasteiger charge is -2.25. The molecule has 0 saturated heterocycles. The third-order valence-corrected chi connectivity index (χ3v) is 4.53. The summed E-state index contributed by atoms with van der Waals surface area (Å²) in [5, 5.41) is 0. The molecule has 0 aromatic heterocycles. The van der Waals surface area contributed by atoms with Gasteiger partial charge in [0, 0.05) is 13.1 Å². The zero-order valence-corrected chi connectivity index (χ0v) is 17.8. The molecule has 0 radical (unpaired) electrons. The fraction of sp³-hybridized carbons (Fsp3) is 0.381. The first-order valence-electron chi connectivity index (χ1n) is 9.16. The molecule has 8 heteroatoms. The third kappa shape index (κ3) is 7.38. The van der Waals surface area contributed by atoms with Gasteiger partial charge in [0.25, 0.3) is 0 Å². The summed E-state index contributed by atoms with van der Waals surface area (Å²) in [5.41, 5.74) is 1.43. The van der Waals surface area contributed by atoms with Gasteiger partial charge in [-0.15, -0.1) is 0 Å². The summed E-state index contributed by atoms with van der Waals surface area (Å²) < 4.78 is 46.3. The van der Waals surface area contributed by atoms with E-state index < -0.39 is 10.1 Å². The van der Waals surface area contributed by atoms with Crippen molar-refractivity contribution in [1.29, 1.82) is 0 Å². The molecule has 0 aliphatic carbocycles. The summed E-state index contributed by atoms with van der Waals surface area (Å²) in [6, 6.07) is 10.7. The van der Waals surface area contributed by atoms with Crippen LogP contribution in [0.1, 0.15) is 25.0 Å². The van der Waals surface area contributed by atoms with Crippen LogP contribution >= 0.6 is 0 Å². The summed E-state index contributed by atoms with van der Waals surface area (Å²) >= 11 is 0. The Morgan fingerprint density at radius 3 is 2.24 bits per heavy atom. The minimum atomic E-state index is -3.73. The highest BCUT2D eigenvalue weighted by Gasteiger charge is 2.18. The molecule has 0 N–H and O–H groups in total. The molecular weight excluding hydrogens is 397 g/mol. The fourth-order valence-electron chi connectivity index (χ4n) is 2.85. The molecule has 6 nitrogen and oxygen atoms in total. The van der Waals surface area contributed by atoms with Crippen LogP contribution in [0, 0.1) is 11.7 Å². The molecule has 0 unspecified atom stereocenters. The van der Waals surface area contributed by atoms with Gasteiger partial charge in [-0.1, -0.05) is 32.0 Å². The number of nitrogens with zero attached hydrogens (tertiary/aromatic N) is 1. The first kappa shape index (κ1) is 22.7. The van der Waals surface area contributed by atoms with E-state index in [9.17, 15) is 17.6 Å². The van der Waals surface area contributed by atoms with Gasteiger partial charge in [0.15, 0.2) is 11.5 Å². The van der Waals surface area contributed by atoms with Crippen molar-refractivity contribution in [2.75, 3.05) is 19.9 Å². The van der Waals surface area contributed by atoms with E-state index >= 15 is 0 Å². The molecule has 0 heterocycles. The summed E-state index contributed by atoms with van der Waals surface area (Å²) in [6.45, 7) is 4.81. The average molecular weight is 424 g/mol. The third-order valence-electron chi connectivity index (χ3n) is 4.05. The molecule has 158 valence electrons. The Labute approximate surface area is 171 Å². The van der Waals surface area contributed by atoms with Crippen molar-refractivity contribution in [3.63, 3.8) is 0 Å². The highest BCUT2D eigenvalue weighted by Crippen LogP contribution is 2.29. The number of benzene rings is 2. The van der Waals surface area contributed by atoms with E-state index in [2.05, 4.69) is 0 Å². The van der Waals surface area contributed by atoms with Crippen molar-refractivity contribution in [2.24, 2.45) is 5.92 Å². The quantitative estimate of drug-likeness (QED) is 0.578. The van der Waals surface area contributed by atoms with Gasteiger partial charge in [-0.2, -0.15) is 8.42 Å². The van der Waals surface area contributed by atoms with Gasteiger partial charge in [0.1, 0.15) is 5.82 Å². The van der Waals surface area contributed by atoms with Crippen molar-refractivity contribution in [1.82, 2.24) is 4.90 Å². The van der Waals surface area contributed by atoms with Crippen LogP contribution in [0.5, 0.6) is 11.5 Å². The Kier molecular flexibility index (Phi) is 7.61. The lowest BCUT2D eigenvalue weighted by molar-refractivity contribution is -0.131. The van der Waals surface area contributed by atoms with Crippen molar-refractivity contribution in [3.8, 4) is 11.5 Å². The van der Waals surface area contributed by atoms with Crippen LogP contribution < -0.4 is 8.92 Å². The van der Waals surface area contributed by atoms with Gasteiger partial charge in [0.2, 0.25) is 5.91 Å². The Hall–Kier alpha value is -2.61. The van der Waals surface area contributed by atoms with Gasteiger partial charge in [-0.05, 0) is 41.3 Å². The van der Waals surface area contributed by atoms with Crippen molar-refractivity contribution < 1.29 is 26.5 Å². The lowest BCUT2D eigenvalue weighted by atomic mass is 10.1. The largest absolute Gasteiger partial charge is 0.493 e. The van der Waals surface area contributed by atoms with Crippen LogP contribution in [0.3, 0.4) is 0 Å². The molecule has 1 amide bonds. The number of halogens is 1. The molecule has 0 fully saturated rings. The maximum absolute atomic E-state index is 13.1. The molecule has 29 heavy (non-hydrogen) atoms. The van der Waals surface area contributed by atoms with Crippen LogP contribution in [0.2, 0.25) is 0 Å². The van der Waals surface area contributed by atoms with Crippen LogP contribution in [-0.2, 0) is 27.9 Å². The normalized spacial score (nSPS) is 11.4. The molecule has 0 aliphatic heterocycles. The van der Waals surface area contributed by atoms with Crippen LogP contribution in [-0.4, -0.2) is 39.1 Å². The van der Waals surface area contributed by atoms with Crippen molar-refractivity contribution >= 4 is 16.0 Å². The minimum Gasteiger partial charge on any atom is -0.493 e. The second kappa shape index (κ2) is 9.73. The number of hydrogen-bond donors (Lipinski definition) is 0. The van der Waals surface area contributed by atoms with Gasteiger partial charge in [-0.25, -0.2) is 4.39 Å². The van der Waals surface area contributed by atoms with Crippen LogP contribution in [0.15, 0.2) is 42.5 Å². The summed E-state index contributed by atoms with van der Waals surface area (Å²) in [4.78, 5) is 14.5. The molecule has 0 bridgehead atoms. The second-order valence-electron chi connectivity index (χ2n) is 7.24. The van der Waals surface area contributed by atoms with Gasteiger partial charge in [0.05, 0.1) is 19.8 Å². The standard InChI is InChI=1S/C21H26FNO5S/c1-15(2)13-23(21(24)12-16-5-8-18(22)9-6-16)14-17-7-10-19(27-3)20(11-17)28-29(4,25)26/h5-11,15H,12-14H2,1-4H3. The number of carbonyl (C=O) groups excluding carboxylic acids is 1. The molecule has 2 rings (SSSR count). The topological polar surface area (TPSA) is 72.9 Å². The molecule has 0 aliphatic rings. The van der Waals surface area contributed by atoms with Gasteiger partial charge in [-0.3, -0.25) is 4.79 Å². The first-order valence-corrected chi connectivity index (χ1v) is 11.0. The van der Waals surface area contributed by atoms with Gasteiger partial charge < -0.3 is 13.8 Å². The van der Waals surface area contributed by atoms with E-state index in [1.807, 2.05) is 13.8 Å². The van der Waals surface area contributed by atoms with E-state index in [1.54, 1.807) is 35.2 Å². The average Bonchev–Trinajstić information content (AvgIpc) is 2.61. The Bertz CT molecular complexity index is 942. The van der Waals surface area contributed by atoms with Crippen LogP contribution in [0.25, 0.3) is 0 Å². The number of hydrogen-bond acceptors (Lipinski definition) is 5. The van der Waals surface area contributed by atoms with Crippen LogP contribution in [0.4, 0.5) is 4.39 Å². The predicted octanol–water partition coefficient (Wildman–Crippen LogP) is 3.40. The summed E-state index contributed by atoms with van der Waals surface area (Å²) in [7, 11) is -2.31. The Morgan fingerprint density at radius 1 is 1.07 bits per heavy atom. The minimum absolute atomic E-state index is 0.0722. The maximum atomic E-state index is 13.1. The zero-order valence-electron chi connectivity index (χ0n) is 17.0. The van der Waals surface area contributed by atoms with E-state index in [4.69, 9.17) is 8.92 Å². The maximum Gasteiger partial charge on any atom is 0.306 e.